The van der Waals surface area contributed by atoms with Crippen molar-refractivity contribution < 1.29 is 35.9 Å². The van der Waals surface area contributed by atoms with Crippen LogP contribution in [0.1, 0.15) is 91.0 Å². The topological polar surface area (TPSA) is 116 Å². The number of benzene rings is 2. The van der Waals surface area contributed by atoms with Crippen molar-refractivity contribution >= 4 is 11.8 Å². The van der Waals surface area contributed by atoms with Crippen molar-refractivity contribution in [1.82, 2.24) is 30.6 Å². The molecule has 2 aromatic heterocycles. The largest absolute Gasteiger partial charge is 0.396 e. The van der Waals surface area contributed by atoms with Gasteiger partial charge in [0.2, 0.25) is 11.8 Å². The average Bonchev–Trinajstić information content (AvgIpc) is 3.94. The fourth-order valence-corrected chi connectivity index (χ4v) is 6.30. The van der Waals surface area contributed by atoms with Crippen LogP contribution in [0.5, 0.6) is 0 Å². The number of carbonyl (C=O) groups is 2. The van der Waals surface area contributed by atoms with E-state index in [9.17, 15) is 35.9 Å². The number of alkyl halides is 6. The minimum absolute atomic E-state index is 0.0391. The normalized spacial score (nSPS) is 18.0. The van der Waals surface area contributed by atoms with E-state index in [1.54, 1.807) is 65.8 Å². The molecular weight excluding hydrogens is 686 g/mol. The molecule has 6 rings (SSSR count). The zero-order valence-electron chi connectivity index (χ0n) is 29.7. The maximum Gasteiger partial charge on any atom is 0.396 e. The number of nitrogens with zero attached hydrogens (tertiary/aromatic N) is 2. The molecule has 52 heavy (non-hydrogen) atoms. The van der Waals surface area contributed by atoms with Crippen LogP contribution >= 0.6 is 0 Å². The molecular formula is C38H42F6N6O2. The quantitative estimate of drug-likeness (QED) is 0.129. The summed E-state index contributed by atoms with van der Waals surface area (Å²) in [6, 6.07) is 11.8. The third kappa shape index (κ3) is 6.95. The second-order valence-corrected chi connectivity index (χ2v) is 16.1. The molecule has 2 saturated carbocycles. The Balaban J connectivity index is 1.19. The minimum Gasteiger partial charge on any atom is -0.346 e. The zero-order chi connectivity index (χ0) is 38.1. The molecule has 2 aliphatic rings. The maximum atomic E-state index is 14.2. The van der Waals surface area contributed by atoms with Crippen LogP contribution in [0.4, 0.5) is 26.3 Å². The molecule has 2 fully saturated rings. The van der Waals surface area contributed by atoms with Crippen LogP contribution in [0.3, 0.4) is 0 Å². The monoisotopic (exact) mass is 728 g/mol. The number of rotatable bonds is 9. The lowest BCUT2D eigenvalue weighted by molar-refractivity contribution is -0.198. The van der Waals surface area contributed by atoms with Gasteiger partial charge in [-0.25, -0.2) is 9.97 Å². The molecule has 0 spiro atoms. The van der Waals surface area contributed by atoms with Gasteiger partial charge >= 0.3 is 12.4 Å². The number of nitrogens with one attached hydrogen (secondary N) is 4. The Labute approximate surface area is 297 Å². The molecule has 0 radical (unpaired) electrons. The van der Waals surface area contributed by atoms with Crippen molar-refractivity contribution in [2.45, 2.75) is 91.7 Å². The molecule has 14 heteroatoms. The predicted octanol–water partition coefficient (Wildman–Crippen LogP) is 9.23. The summed E-state index contributed by atoms with van der Waals surface area (Å²) in [5.74, 6) is -0.929. The number of H-pyrrole nitrogens is 2. The van der Waals surface area contributed by atoms with E-state index in [4.69, 9.17) is 0 Å². The molecule has 0 saturated heterocycles. The number of carbonyl (C=O) groups excluding carboxylic acids is 2. The summed E-state index contributed by atoms with van der Waals surface area (Å²) in [4.78, 5) is 40.3. The average molecular weight is 729 g/mol. The number of hydrogen-bond acceptors (Lipinski definition) is 4. The molecule has 2 heterocycles. The van der Waals surface area contributed by atoms with Crippen LogP contribution in [0, 0.1) is 21.7 Å². The van der Waals surface area contributed by atoms with Crippen LogP contribution in [-0.2, 0) is 9.59 Å². The number of aromatic amines is 2. The van der Waals surface area contributed by atoms with E-state index in [2.05, 4.69) is 30.6 Å². The van der Waals surface area contributed by atoms with Crippen LogP contribution in [-0.4, -0.2) is 44.1 Å². The Morgan fingerprint density at radius 1 is 0.577 bits per heavy atom. The van der Waals surface area contributed by atoms with Gasteiger partial charge in [0.25, 0.3) is 0 Å². The molecule has 278 valence electrons. The van der Waals surface area contributed by atoms with Crippen LogP contribution in [0.25, 0.3) is 33.6 Å². The van der Waals surface area contributed by atoms with E-state index in [1.165, 1.54) is 12.4 Å². The summed E-state index contributed by atoms with van der Waals surface area (Å²) in [7, 11) is 0. The Hall–Kier alpha value is -4.62. The summed E-state index contributed by atoms with van der Waals surface area (Å²) in [6.45, 7) is 9.83. The molecule has 2 unspecified atom stereocenters. The first-order valence-corrected chi connectivity index (χ1v) is 17.1. The Bertz CT molecular complexity index is 1800. The highest BCUT2D eigenvalue weighted by Gasteiger charge is 2.70. The molecule has 2 amide bonds. The van der Waals surface area contributed by atoms with Gasteiger partial charge in [0, 0.05) is 34.4 Å². The molecule has 2 aliphatic carbocycles. The van der Waals surface area contributed by atoms with Crippen LogP contribution < -0.4 is 10.6 Å². The van der Waals surface area contributed by atoms with Gasteiger partial charge in [0.05, 0.1) is 22.2 Å². The van der Waals surface area contributed by atoms with Crippen molar-refractivity contribution in [2.75, 3.05) is 0 Å². The number of hydrogen-bond donors (Lipinski definition) is 4. The highest BCUT2D eigenvalue weighted by atomic mass is 19.4. The summed E-state index contributed by atoms with van der Waals surface area (Å²) < 4.78 is 85.1. The van der Waals surface area contributed by atoms with E-state index < -0.39 is 57.9 Å². The van der Waals surface area contributed by atoms with Gasteiger partial charge in [-0.1, -0.05) is 90.1 Å². The molecule has 2 aromatic carbocycles. The first-order chi connectivity index (χ1) is 24.1. The first-order valence-electron chi connectivity index (χ1n) is 17.1. The van der Waals surface area contributed by atoms with Crippen molar-refractivity contribution in [1.29, 1.82) is 0 Å². The number of halogens is 6. The molecule has 2 atom stereocenters. The van der Waals surface area contributed by atoms with Gasteiger partial charge in [0.1, 0.15) is 23.7 Å². The van der Waals surface area contributed by atoms with Crippen LogP contribution in [0.2, 0.25) is 0 Å². The second kappa shape index (κ2) is 12.5. The number of imidazole rings is 2. The first kappa shape index (κ1) is 37.1. The van der Waals surface area contributed by atoms with Gasteiger partial charge in [-0.2, -0.15) is 26.3 Å². The summed E-state index contributed by atoms with van der Waals surface area (Å²) in [5.41, 5.74) is -2.11. The highest BCUT2D eigenvalue weighted by molar-refractivity contribution is 5.82. The van der Waals surface area contributed by atoms with Crippen LogP contribution in [0.15, 0.2) is 60.9 Å². The van der Waals surface area contributed by atoms with Gasteiger partial charge < -0.3 is 20.6 Å². The third-order valence-corrected chi connectivity index (χ3v) is 10.2. The molecule has 0 aliphatic heterocycles. The summed E-state index contributed by atoms with van der Waals surface area (Å²) in [6.07, 6.45) is -6.42. The van der Waals surface area contributed by atoms with Crippen molar-refractivity contribution in [3.05, 3.63) is 72.6 Å². The Morgan fingerprint density at radius 2 is 0.865 bits per heavy atom. The van der Waals surface area contributed by atoms with Crippen molar-refractivity contribution in [2.24, 2.45) is 21.7 Å². The van der Waals surface area contributed by atoms with Gasteiger partial charge in [0.15, 0.2) is 0 Å². The smallest absolute Gasteiger partial charge is 0.346 e. The minimum atomic E-state index is -4.52. The van der Waals surface area contributed by atoms with Crippen molar-refractivity contribution in [3.63, 3.8) is 0 Å². The second-order valence-electron chi connectivity index (χ2n) is 16.1. The Morgan fingerprint density at radius 3 is 1.12 bits per heavy atom. The SMILES string of the molecule is CC(C)(C)C(=O)NC(c1nc(-c2ccc(-c3ccc(-c4c[nH]c(C(NC(=O)C(C)(C)C)C5(C(F)(F)F)CC5)n4)cc3)cc2)c[nH]1)C1(C(F)(F)F)CC1. The fraction of sp³-hybridized carbons (Fsp3) is 0.474. The molecule has 0 bridgehead atoms. The van der Waals surface area contributed by atoms with Gasteiger partial charge in [-0.05, 0) is 36.8 Å². The predicted molar refractivity (Wildman–Crippen MR) is 183 cm³/mol. The lowest BCUT2D eigenvalue weighted by Gasteiger charge is -2.31. The van der Waals surface area contributed by atoms with E-state index in [0.29, 0.717) is 22.5 Å². The summed E-state index contributed by atoms with van der Waals surface area (Å²) in [5, 5.41) is 5.22. The number of amides is 2. The van der Waals surface area contributed by atoms with Gasteiger partial charge in [-0.15, -0.1) is 0 Å². The molecule has 8 nitrogen and oxygen atoms in total. The van der Waals surface area contributed by atoms with Gasteiger partial charge in [-0.3, -0.25) is 9.59 Å². The number of aromatic nitrogens is 4. The van der Waals surface area contributed by atoms with E-state index in [-0.39, 0.29) is 37.3 Å². The maximum absolute atomic E-state index is 14.2. The standard InChI is InChI=1S/C38H42F6N6O2/c1-33(2,3)31(51)49-27(35(15-16-35)37(39,40)41)29-45-19-25(47-29)23-11-7-21(8-12-23)22-9-13-24(14-10-22)26-20-46-30(48-26)28(50-32(52)34(4,5)6)36(17-18-36)38(42,43)44/h7-14,19-20,27-28H,15-18H2,1-6H3,(H,45,47)(H,46,48)(H,49,51)(H,50,52). The molecule has 4 aromatic rings. The fourth-order valence-electron chi connectivity index (χ4n) is 6.30. The Kier molecular flexibility index (Phi) is 8.94. The highest BCUT2D eigenvalue weighted by Crippen LogP contribution is 2.65. The lowest BCUT2D eigenvalue weighted by Crippen LogP contribution is -2.45. The zero-order valence-corrected chi connectivity index (χ0v) is 29.7. The van der Waals surface area contributed by atoms with E-state index in [1.807, 2.05) is 24.3 Å². The lowest BCUT2D eigenvalue weighted by atomic mass is 9.90. The van der Waals surface area contributed by atoms with Crippen molar-refractivity contribution in [3.8, 4) is 33.6 Å². The summed E-state index contributed by atoms with van der Waals surface area (Å²) >= 11 is 0. The van der Waals surface area contributed by atoms with E-state index in [0.717, 1.165) is 11.1 Å². The molecule has 4 N–H and O–H groups in total. The van der Waals surface area contributed by atoms with E-state index >= 15 is 0 Å². The third-order valence-electron chi connectivity index (χ3n) is 10.2.